The lowest BCUT2D eigenvalue weighted by atomic mass is 9.78. The molecule has 0 aliphatic carbocycles. The lowest BCUT2D eigenvalue weighted by molar-refractivity contribution is 0.00578. The standard InChI is InChI=1S/C14H19BN2O3/c1-13(2)14(3,4)20-15(19-13)9-6-7-11-10(8-9)12(18-5)17-16-11/h6-8H,1-5H3,(H,16,17). The van der Waals surface area contributed by atoms with Gasteiger partial charge < -0.3 is 14.0 Å². The minimum Gasteiger partial charge on any atom is -0.480 e. The maximum absolute atomic E-state index is 6.06. The molecule has 0 amide bonds. The van der Waals surface area contributed by atoms with Crippen LogP contribution in [0.4, 0.5) is 0 Å². The Morgan fingerprint density at radius 1 is 1.15 bits per heavy atom. The predicted molar refractivity (Wildman–Crippen MR) is 78.4 cm³/mol. The topological polar surface area (TPSA) is 56.4 Å². The molecule has 5 nitrogen and oxygen atoms in total. The summed E-state index contributed by atoms with van der Waals surface area (Å²) in [7, 11) is 1.24. The van der Waals surface area contributed by atoms with E-state index in [2.05, 4.69) is 10.2 Å². The molecular formula is C14H19BN2O3. The van der Waals surface area contributed by atoms with Crippen LogP contribution in [0, 0.1) is 0 Å². The van der Waals surface area contributed by atoms with Gasteiger partial charge in [0.25, 0.3) is 0 Å². The molecule has 20 heavy (non-hydrogen) atoms. The van der Waals surface area contributed by atoms with Gasteiger partial charge in [0.1, 0.15) is 0 Å². The molecule has 2 heterocycles. The highest BCUT2D eigenvalue weighted by molar-refractivity contribution is 6.62. The fourth-order valence-corrected chi connectivity index (χ4v) is 2.29. The number of fused-ring (bicyclic) bond motifs is 1. The van der Waals surface area contributed by atoms with Crippen LogP contribution in [-0.2, 0) is 9.31 Å². The normalized spacial score (nSPS) is 20.6. The van der Waals surface area contributed by atoms with Crippen LogP contribution < -0.4 is 10.2 Å². The van der Waals surface area contributed by atoms with E-state index in [1.54, 1.807) is 7.11 Å². The number of aromatic amines is 1. The van der Waals surface area contributed by atoms with Gasteiger partial charge in [-0.05, 0) is 45.3 Å². The van der Waals surface area contributed by atoms with Crippen molar-refractivity contribution in [1.29, 1.82) is 0 Å². The molecule has 0 spiro atoms. The molecule has 6 heteroatoms. The Balaban J connectivity index is 1.99. The molecule has 0 atom stereocenters. The van der Waals surface area contributed by atoms with Crippen molar-refractivity contribution in [3.8, 4) is 5.88 Å². The molecule has 1 saturated heterocycles. The molecule has 3 rings (SSSR count). The molecule has 0 radical (unpaired) electrons. The highest BCUT2D eigenvalue weighted by Crippen LogP contribution is 2.36. The number of H-pyrrole nitrogens is 1. The Morgan fingerprint density at radius 2 is 1.80 bits per heavy atom. The molecule has 1 aromatic carbocycles. The lowest BCUT2D eigenvalue weighted by Crippen LogP contribution is -2.41. The predicted octanol–water partition coefficient (Wildman–Crippen LogP) is 1.87. The van der Waals surface area contributed by atoms with E-state index in [0.29, 0.717) is 5.88 Å². The average Bonchev–Trinajstić information content (AvgIpc) is 2.87. The summed E-state index contributed by atoms with van der Waals surface area (Å²) in [5, 5.41) is 7.97. The van der Waals surface area contributed by atoms with Crippen molar-refractivity contribution in [2.45, 2.75) is 38.9 Å². The number of nitrogens with one attached hydrogen (secondary N) is 1. The first kappa shape index (κ1) is 13.5. The highest BCUT2D eigenvalue weighted by Gasteiger charge is 2.51. The van der Waals surface area contributed by atoms with Crippen LogP contribution in [0.1, 0.15) is 27.7 Å². The second kappa shape index (κ2) is 4.23. The summed E-state index contributed by atoms with van der Waals surface area (Å²) in [6, 6.07) is 5.95. The first-order valence-corrected chi connectivity index (χ1v) is 6.72. The Kier molecular flexibility index (Phi) is 2.85. The van der Waals surface area contributed by atoms with Gasteiger partial charge in [0, 0.05) is 0 Å². The number of benzene rings is 1. The first-order chi connectivity index (χ1) is 9.34. The van der Waals surface area contributed by atoms with Gasteiger partial charge in [0.2, 0.25) is 5.88 Å². The van der Waals surface area contributed by atoms with Gasteiger partial charge in [0.15, 0.2) is 0 Å². The molecular weight excluding hydrogens is 255 g/mol. The summed E-state index contributed by atoms with van der Waals surface area (Å²) in [4.78, 5) is 0. The summed E-state index contributed by atoms with van der Waals surface area (Å²) >= 11 is 0. The number of hydrogen-bond donors (Lipinski definition) is 1. The molecule has 2 aromatic rings. The van der Waals surface area contributed by atoms with Crippen molar-refractivity contribution in [1.82, 2.24) is 10.2 Å². The van der Waals surface area contributed by atoms with E-state index in [0.717, 1.165) is 16.4 Å². The van der Waals surface area contributed by atoms with Gasteiger partial charge in [-0.15, -0.1) is 5.10 Å². The van der Waals surface area contributed by atoms with Gasteiger partial charge >= 0.3 is 7.12 Å². The first-order valence-electron chi connectivity index (χ1n) is 6.72. The fourth-order valence-electron chi connectivity index (χ4n) is 2.29. The van der Waals surface area contributed by atoms with Crippen LogP contribution in [0.3, 0.4) is 0 Å². The Morgan fingerprint density at radius 3 is 2.40 bits per heavy atom. The largest absolute Gasteiger partial charge is 0.494 e. The van der Waals surface area contributed by atoms with Crippen LogP contribution in [0.5, 0.6) is 5.88 Å². The van der Waals surface area contributed by atoms with Crippen LogP contribution in [0.2, 0.25) is 0 Å². The van der Waals surface area contributed by atoms with E-state index in [4.69, 9.17) is 14.0 Å². The third-order valence-electron chi connectivity index (χ3n) is 4.27. The van der Waals surface area contributed by atoms with Crippen LogP contribution in [0.25, 0.3) is 10.9 Å². The number of hydrogen-bond acceptors (Lipinski definition) is 4. The number of aromatic nitrogens is 2. The molecule has 0 unspecified atom stereocenters. The minimum atomic E-state index is -0.371. The molecule has 1 aliphatic rings. The summed E-state index contributed by atoms with van der Waals surface area (Å²) in [5.41, 5.74) is 1.22. The zero-order valence-corrected chi connectivity index (χ0v) is 12.5. The Labute approximate surface area is 118 Å². The molecule has 1 fully saturated rings. The maximum Gasteiger partial charge on any atom is 0.494 e. The summed E-state index contributed by atoms with van der Waals surface area (Å²) in [5.74, 6) is 0.582. The van der Waals surface area contributed by atoms with Gasteiger partial charge in [-0.25, -0.2) is 0 Å². The van der Waals surface area contributed by atoms with Crippen molar-refractivity contribution < 1.29 is 14.0 Å². The lowest BCUT2D eigenvalue weighted by Gasteiger charge is -2.32. The van der Waals surface area contributed by atoms with Crippen molar-refractivity contribution >= 4 is 23.5 Å². The van der Waals surface area contributed by atoms with E-state index in [1.165, 1.54) is 0 Å². The summed E-state index contributed by atoms with van der Waals surface area (Å²) in [6.07, 6.45) is 0. The molecule has 106 valence electrons. The zero-order valence-electron chi connectivity index (χ0n) is 12.5. The van der Waals surface area contributed by atoms with E-state index in [9.17, 15) is 0 Å². The number of rotatable bonds is 2. The monoisotopic (exact) mass is 274 g/mol. The zero-order chi connectivity index (χ0) is 14.5. The van der Waals surface area contributed by atoms with Crippen molar-refractivity contribution in [2.24, 2.45) is 0 Å². The molecule has 0 saturated carbocycles. The van der Waals surface area contributed by atoms with Crippen LogP contribution >= 0.6 is 0 Å². The van der Waals surface area contributed by atoms with E-state index >= 15 is 0 Å². The molecule has 1 N–H and O–H groups in total. The van der Waals surface area contributed by atoms with E-state index in [1.807, 2.05) is 45.9 Å². The van der Waals surface area contributed by atoms with E-state index < -0.39 is 0 Å². The second-order valence-electron chi connectivity index (χ2n) is 6.13. The average molecular weight is 274 g/mol. The Hall–Kier alpha value is -1.53. The highest BCUT2D eigenvalue weighted by atomic mass is 16.7. The van der Waals surface area contributed by atoms with Gasteiger partial charge in [0.05, 0.1) is 29.2 Å². The van der Waals surface area contributed by atoms with Gasteiger partial charge in [-0.2, -0.15) is 0 Å². The third-order valence-corrected chi connectivity index (χ3v) is 4.27. The second-order valence-corrected chi connectivity index (χ2v) is 6.13. The maximum atomic E-state index is 6.06. The van der Waals surface area contributed by atoms with Gasteiger partial charge in [-0.1, -0.05) is 6.07 Å². The van der Waals surface area contributed by atoms with Gasteiger partial charge in [-0.3, -0.25) is 5.10 Å². The molecule has 1 aliphatic heterocycles. The number of nitrogens with zero attached hydrogens (tertiary/aromatic N) is 1. The number of methoxy groups -OCH3 is 1. The quantitative estimate of drug-likeness (QED) is 0.849. The smallest absolute Gasteiger partial charge is 0.480 e. The minimum absolute atomic E-state index is 0.340. The fraction of sp³-hybridized carbons (Fsp3) is 0.500. The molecule has 0 bridgehead atoms. The number of ether oxygens (including phenoxy) is 1. The van der Waals surface area contributed by atoms with E-state index in [-0.39, 0.29) is 18.3 Å². The summed E-state index contributed by atoms with van der Waals surface area (Å²) in [6.45, 7) is 8.18. The van der Waals surface area contributed by atoms with Crippen LogP contribution in [0.15, 0.2) is 18.2 Å². The van der Waals surface area contributed by atoms with Crippen LogP contribution in [-0.4, -0.2) is 35.6 Å². The van der Waals surface area contributed by atoms with Crippen molar-refractivity contribution in [2.75, 3.05) is 7.11 Å². The SMILES string of the molecule is COc1n[nH]c2ccc(B3OC(C)(C)C(C)(C)O3)cc12. The van der Waals surface area contributed by atoms with Crippen molar-refractivity contribution in [3.63, 3.8) is 0 Å². The molecule has 1 aromatic heterocycles. The third kappa shape index (κ3) is 1.91. The Bertz CT molecular complexity index is 635. The van der Waals surface area contributed by atoms with Crippen molar-refractivity contribution in [3.05, 3.63) is 18.2 Å². The summed E-state index contributed by atoms with van der Waals surface area (Å²) < 4.78 is 17.4.